The Labute approximate surface area is 234 Å². The molecule has 0 aromatic rings. The fraction of sp³-hybridized carbons (Fsp3) is 0.958. The monoisotopic (exact) mass is 579 g/mol. The molecule has 1 amide bonds. The molecule has 8 unspecified atom stereocenters. The van der Waals surface area contributed by atoms with Gasteiger partial charge in [0.25, 0.3) is 0 Å². The van der Waals surface area contributed by atoms with Crippen LogP contribution in [0.3, 0.4) is 0 Å². The predicted molar refractivity (Wildman–Crippen MR) is 142 cm³/mol. The van der Waals surface area contributed by atoms with Crippen LogP contribution in [0, 0.1) is 0 Å². The van der Waals surface area contributed by atoms with Gasteiger partial charge in [0, 0.05) is 12.6 Å². The number of likely N-dealkylation sites (N-methyl/N-ethyl adjacent to an activating group) is 1. The number of amides is 1. The number of ether oxygens (including phenoxy) is 4. The first-order valence-electron chi connectivity index (χ1n) is 13.8. The van der Waals surface area contributed by atoms with Crippen molar-refractivity contribution < 1.29 is 44.2 Å². The van der Waals surface area contributed by atoms with Gasteiger partial charge in [0.2, 0.25) is 5.91 Å². The summed E-state index contributed by atoms with van der Waals surface area (Å²) in [7, 11) is 3.54. The van der Waals surface area contributed by atoms with E-state index in [2.05, 4.69) is 5.32 Å². The smallest absolute Gasteiger partial charge is 0.249 e. The molecule has 1 saturated carbocycles. The molecule has 0 aromatic heterocycles. The van der Waals surface area contributed by atoms with Gasteiger partial charge in [0.15, 0.2) is 12.6 Å². The zero-order chi connectivity index (χ0) is 29.7. The Bertz CT molecular complexity index is 800. The molecule has 2 saturated heterocycles. The number of carbonyl (C=O) groups is 1. The fourth-order valence-corrected chi connectivity index (χ4v) is 5.61. The lowest BCUT2D eigenvalue weighted by Gasteiger charge is -2.51. The second-order valence-electron chi connectivity index (χ2n) is 11.2. The van der Waals surface area contributed by atoms with Gasteiger partial charge < -0.3 is 78.3 Å². The van der Waals surface area contributed by atoms with E-state index in [1.807, 2.05) is 0 Å². The molecule has 40 heavy (non-hydrogen) atoms. The van der Waals surface area contributed by atoms with Crippen LogP contribution in [-0.4, -0.2) is 151 Å². The van der Waals surface area contributed by atoms with Gasteiger partial charge in [-0.1, -0.05) is 0 Å². The van der Waals surface area contributed by atoms with Gasteiger partial charge in [0.1, 0.15) is 24.4 Å². The van der Waals surface area contributed by atoms with Crippen LogP contribution >= 0.6 is 0 Å². The molecule has 2 aliphatic heterocycles. The van der Waals surface area contributed by atoms with Gasteiger partial charge in [-0.25, -0.2) is 0 Å². The normalized spacial score (nSPS) is 43.5. The van der Waals surface area contributed by atoms with Gasteiger partial charge >= 0.3 is 0 Å². The molecule has 2 heterocycles. The van der Waals surface area contributed by atoms with E-state index in [4.69, 9.17) is 47.6 Å². The van der Waals surface area contributed by atoms with E-state index >= 15 is 0 Å². The maximum Gasteiger partial charge on any atom is 0.249 e. The highest BCUT2D eigenvalue weighted by atomic mass is 16.7. The van der Waals surface area contributed by atoms with Crippen LogP contribution in [0.5, 0.6) is 0 Å². The maximum absolute atomic E-state index is 12.8. The number of nitrogens with two attached hydrogens (primary N) is 5. The van der Waals surface area contributed by atoms with Crippen molar-refractivity contribution in [1.82, 2.24) is 10.2 Å². The quantitative estimate of drug-likeness (QED) is 0.109. The first-order valence-corrected chi connectivity index (χ1v) is 13.8. The van der Waals surface area contributed by atoms with Crippen molar-refractivity contribution in [3.63, 3.8) is 0 Å². The second kappa shape index (κ2) is 14.9. The number of nitrogens with one attached hydrogen (secondary N) is 1. The predicted octanol–water partition coefficient (Wildman–Crippen LogP) is -5.83. The second-order valence-corrected chi connectivity index (χ2v) is 11.2. The third-order valence-corrected chi connectivity index (χ3v) is 7.97. The van der Waals surface area contributed by atoms with Gasteiger partial charge in [-0.3, -0.25) is 4.79 Å². The molecule has 14 atom stereocenters. The molecule has 15 N–H and O–H groups in total. The van der Waals surface area contributed by atoms with Crippen LogP contribution in [0.1, 0.15) is 25.7 Å². The van der Waals surface area contributed by atoms with E-state index in [0.717, 1.165) is 0 Å². The van der Waals surface area contributed by atoms with Gasteiger partial charge in [-0.15, -0.1) is 0 Å². The number of carbonyl (C=O) groups excluding carboxylic acids is 1. The van der Waals surface area contributed by atoms with E-state index in [-0.39, 0.29) is 25.5 Å². The van der Waals surface area contributed by atoms with Crippen LogP contribution in [-0.2, 0) is 23.7 Å². The molecule has 0 radical (unpaired) electrons. The fourth-order valence-electron chi connectivity index (χ4n) is 5.61. The average molecular weight is 580 g/mol. The number of hydrogen-bond acceptors (Lipinski definition) is 15. The van der Waals surface area contributed by atoms with Gasteiger partial charge in [-0.05, 0) is 46.3 Å². The zero-order valence-corrected chi connectivity index (χ0v) is 23.2. The lowest BCUT2D eigenvalue weighted by atomic mass is 9.81. The third kappa shape index (κ3) is 7.64. The van der Waals surface area contributed by atoms with Crippen molar-refractivity contribution in [3.8, 4) is 0 Å². The van der Waals surface area contributed by atoms with Gasteiger partial charge in [0.05, 0.1) is 49.1 Å². The van der Waals surface area contributed by atoms with Crippen molar-refractivity contribution >= 4 is 5.91 Å². The van der Waals surface area contributed by atoms with E-state index in [0.29, 0.717) is 19.4 Å². The van der Waals surface area contributed by atoms with Crippen LogP contribution < -0.4 is 34.0 Å². The molecular formula is C24H49N7O9. The maximum atomic E-state index is 12.8. The Hall–Kier alpha value is -1.09. The van der Waals surface area contributed by atoms with Crippen LogP contribution in [0.2, 0.25) is 0 Å². The lowest BCUT2D eigenvalue weighted by molar-refractivity contribution is -0.307. The topological polar surface area (TPSA) is 280 Å². The number of aliphatic hydroxyl groups excluding tert-OH is 4. The Morgan fingerprint density at radius 3 is 2.30 bits per heavy atom. The highest BCUT2D eigenvalue weighted by Crippen LogP contribution is 2.33. The van der Waals surface area contributed by atoms with Crippen LogP contribution in [0.4, 0.5) is 0 Å². The lowest BCUT2D eigenvalue weighted by Crippen LogP contribution is -2.71. The van der Waals surface area contributed by atoms with Crippen LogP contribution in [0.15, 0.2) is 0 Å². The third-order valence-electron chi connectivity index (χ3n) is 7.97. The minimum absolute atomic E-state index is 0.0492. The number of hydrogen-bond donors (Lipinski definition) is 10. The number of nitrogens with zero attached hydrogens (tertiary/aromatic N) is 1. The molecule has 16 nitrogen and oxygen atoms in total. The molecule has 0 aromatic carbocycles. The average Bonchev–Trinajstić information content (AvgIpc) is 2.92. The number of rotatable bonds is 11. The summed E-state index contributed by atoms with van der Waals surface area (Å²) in [6.45, 7) is -0.157. The highest BCUT2D eigenvalue weighted by Gasteiger charge is 2.52. The van der Waals surface area contributed by atoms with Crippen LogP contribution in [0.25, 0.3) is 0 Å². The van der Waals surface area contributed by atoms with Crippen molar-refractivity contribution in [2.45, 2.75) is 111 Å². The van der Waals surface area contributed by atoms with E-state index in [9.17, 15) is 25.2 Å². The van der Waals surface area contributed by atoms with E-state index in [1.165, 1.54) is 0 Å². The Morgan fingerprint density at radius 1 is 1.02 bits per heavy atom. The standard InChI is InChI=1S/C24H49N7O9/c1-31(2)17-20(39-23-11(27)4-3-10(8-26)37-23)12(28)7-13(30-22(36)14(33)5-6-25)21(17)40-24-19(35)16(29)18(34)15(9-32)38-24/h10-21,23-24,32-35H,3-9,25-29H2,1-2H3,(H,30,36)/t10?,11?,12-,13?,14-,15?,16?,17?,18+,19?,20?,21-,23+,24+/m0/s1. The Morgan fingerprint density at radius 2 is 1.70 bits per heavy atom. The Balaban J connectivity index is 1.92. The first-order chi connectivity index (χ1) is 18.9. The van der Waals surface area contributed by atoms with E-state index < -0.39 is 91.9 Å². The summed E-state index contributed by atoms with van der Waals surface area (Å²) in [4.78, 5) is 14.6. The summed E-state index contributed by atoms with van der Waals surface area (Å²) >= 11 is 0. The molecular weight excluding hydrogens is 530 g/mol. The van der Waals surface area contributed by atoms with Crippen molar-refractivity contribution in [3.05, 3.63) is 0 Å². The van der Waals surface area contributed by atoms with Crippen molar-refractivity contribution in [2.75, 3.05) is 33.8 Å². The summed E-state index contributed by atoms with van der Waals surface area (Å²) in [5.41, 5.74) is 30.2. The minimum Gasteiger partial charge on any atom is -0.394 e. The zero-order valence-electron chi connectivity index (χ0n) is 23.2. The highest BCUT2D eigenvalue weighted by molar-refractivity contribution is 5.80. The molecule has 3 rings (SSSR count). The SMILES string of the molecule is CN(C)C1C(O[C@H]2OC(CN)CCC2N)[C@@H](N)CC(NC(=O)[C@@H](O)CCN)[C@@H]1O[C@H]1OC(CO)[C@@H](O)C(N)C1O. The number of aliphatic hydroxyl groups is 4. The molecule has 234 valence electrons. The van der Waals surface area contributed by atoms with E-state index in [1.54, 1.807) is 19.0 Å². The molecule has 3 fully saturated rings. The summed E-state index contributed by atoms with van der Waals surface area (Å²) in [5, 5.41) is 43.8. The molecule has 16 heteroatoms. The van der Waals surface area contributed by atoms with Crippen molar-refractivity contribution in [1.29, 1.82) is 0 Å². The molecule has 0 spiro atoms. The summed E-state index contributed by atoms with van der Waals surface area (Å²) in [5.74, 6) is -0.665. The Kier molecular flexibility index (Phi) is 12.4. The van der Waals surface area contributed by atoms with Gasteiger partial charge in [-0.2, -0.15) is 0 Å². The first kappa shape index (κ1) is 33.4. The minimum atomic E-state index is -1.46. The summed E-state index contributed by atoms with van der Waals surface area (Å²) < 4.78 is 24.4. The largest absolute Gasteiger partial charge is 0.394 e. The molecule has 1 aliphatic carbocycles. The summed E-state index contributed by atoms with van der Waals surface area (Å²) in [6.07, 6.45) is -7.75. The summed E-state index contributed by atoms with van der Waals surface area (Å²) in [6, 6.07) is -3.65. The molecule has 3 aliphatic rings. The van der Waals surface area contributed by atoms with Crippen molar-refractivity contribution in [2.24, 2.45) is 28.7 Å². The molecule has 0 bridgehead atoms.